The Kier molecular flexibility index (Phi) is 6.60. The predicted molar refractivity (Wildman–Crippen MR) is 107 cm³/mol. The second kappa shape index (κ2) is 8.95. The Morgan fingerprint density at radius 2 is 2.00 bits per heavy atom. The van der Waals surface area contributed by atoms with Crippen molar-refractivity contribution in [1.29, 1.82) is 0 Å². The Hall–Kier alpha value is -2.08. The Labute approximate surface area is 170 Å². The van der Waals surface area contributed by atoms with E-state index >= 15 is 0 Å². The lowest BCUT2D eigenvalue weighted by Gasteiger charge is -2.30. The van der Waals surface area contributed by atoms with Gasteiger partial charge in [0.25, 0.3) is 5.91 Å². The first kappa shape index (κ1) is 20.6. The number of carbonyl (C=O) groups excluding carboxylic acids is 3. The molecule has 1 heterocycles. The molecule has 2 fully saturated rings. The summed E-state index contributed by atoms with van der Waals surface area (Å²) in [4.78, 5) is 38.5. The molecular formula is C21H27ClN2O4. The fourth-order valence-corrected chi connectivity index (χ4v) is 4.08. The summed E-state index contributed by atoms with van der Waals surface area (Å²) in [6, 6.07) is 4.81. The zero-order chi connectivity index (χ0) is 20.3. The standard InChI is InChI=1S/C21H27ClN2O4/c1-13-6-3-4-7-17(13)23-20(26)14(2)28-21(27)15-9-10-16(22)18(12-15)24-11-5-8-19(24)25/h9-10,12-14,17H,3-8,11H2,1-2H3,(H,23,26)/t13-,14+,17-/m0/s1. The molecule has 0 spiro atoms. The van der Waals surface area contributed by atoms with Crippen molar-refractivity contribution >= 4 is 35.1 Å². The highest BCUT2D eigenvalue weighted by atomic mass is 35.5. The summed E-state index contributed by atoms with van der Waals surface area (Å²) in [5.74, 6) is -0.473. The van der Waals surface area contributed by atoms with Gasteiger partial charge in [-0.25, -0.2) is 4.79 Å². The number of benzene rings is 1. The fraction of sp³-hybridized carbons (Fsp3) is 0.571. The van der Waals surface area contributed by atoms with Gasteiger partial charge in [0.05, 0.1) is 16.3 Å². The minimum Gasteiger partial charge on any atom is -0.449 e. The minimum atomic E-state index is -0.894. The lowest BCUT2D eigenvalue weighted by Crippen LogP contribution is -2.46. The van der Waals surface area contributed by atoms with Crippen LogP contribution in [0.4, 0.5) is 5.69 Å². The van der Waals surface area contributed by atoms with Crippen molar-refractivity contribution in [1.82, 2.24) is 5.32 Å². The van der Waals surface area contributed by atoms with E-state index in [4.69, 9.17) is 16.3 Å². The number of halogens is 1. The van der Waals surface area contributed by atoms with Gasteiger partial charge in [0.15, 0.2) is 6.10 Å². The molecule has 1 saturated heterocycles. The summed E-state index contributed by atoms with van der Waals surface area (Å²) in [6.07, 6.45) is 4.69. The third-order valence-electron chi connectivity index (χ3n) is 5.64. The molecule has 1 aromatic rings. The first-order valence-corrected chi connectivity index (χ1v) is 10.4. The van der Waals surface area contributed by atoms with Crippen LogP contribution in [0.5, 0.6) is 0 Å². The molecule has 0 radical (unpaired) electrons. The van der Waals surface area contributed by atoms with E-state index in [9.17, 15) is 14.4 Å². The first-order valence-electron chi connectivity index (χ1n) is 9.98. The maximum atomic E-state index is 12.5. The van der Waals surface area contributed by atoms with Gasteiger partial charge in [-0.05, 0) is 50.3 Å². The van der Waals surface area contributed by atoms with Crippen LogP contribution in [-0.2, 0) is 14.3 Å². The third-order valence-corrected chi connectivity index (χ3v) is 5.96. The number of esters is 1. The monoisotopic (exact) mass is 406 g/mol. The number of ether oxygens (including phenoxy) is 1. The van der Waals surface area contributed by atoms with Gasteiger partial charge in [-0.1, -0.05) is 31.4 Å². The largest absolute Gasteiger partial charge is 0.449 e. The van der Waals surface area contributed by atoms with E-state index in [2.05, 4.69) is 12.2 Å². The number of nitrogens with zero attached hydrogens (tertiary/aromatic N) is 1. The zero-order valence-electron chi connectivity index (χ0n) is 16.4. The van der Waals surface area contributed by atoms with Crippen molar-refractivity contribution in [2.45, 2.75) is 64.5 Å². The van der Waals surface area contributed by atoms with Gasteiger partial charge in [0.2, 0.25) is 5.91 Å². The molecule has 2 aliphatic rings. The lowest BCUT2D eigenvalue weighted by atomic mass is 9.86. The number of anilines is 1. The van der Waals surface area contributed by atoms with Crippen LogP contribution in [0.25, 0.3) is 0 Å². The van der Waals surface area contributed by atoms with Crippen LogP contribution >= 0.6 is 11.6 Å². The van der Waals surface area contributed by atoms with Crippen LogP contribution < -0.4 is 10.2 Å². The summed E-state index contributed by atoms with van der Waals surface area (Å²) in [7, 11) is 0. The van der Waals surface area contributed by atoms with Gasteiger partial charge >= 0.3 is 5.97 Å². The molecule has 3 atom stereocenters. The summed E-state index contributed by atoms with van der Waals surface area (Å²) in [5.41, 5.74) is 0.775. The molecule has 0 aromatic heterocycles. The highest BCUT2D eigenvalue weighted by molar-refractivity contribution is 6.34. The van der Waals surface area contributed by atoms with Crippen molar-refractivity contribution in [2.75, 3.05) is 11.4 Å². The molecule has 1 N–H and O–H groups in total. The van der Waals surface area contributed by atoms with Crippen molar-refractivity contribution in [2.24, 2.45) is 5.92 Å². The van der Waals surface area contributed by atoms with Crippen LogP contribution in [0.3, 0.4) is 0 Å². The summed E-state index contributed by atoms with van der Waals surface area (Å²) in [6.45, 7) is 4.28. The van der Waals surface area contributed by atoms with Crippen molar-refractivity contribution < 1.29 is 19.1 Å². The SMILES string of the molecule is C[C@@H](OC(=O)c1ccc(Cl)c(N2CCCC2=O)c1)C(=O)N[C@H]1CCCC[C@@H]1C. The Bertz CT molecular complexity index is 767. The molecule has 1 aliphatic heterocycles. The molecule has 1 aromatic carbocycles. The third kappa shape index (κ3) is 4.66. The van der Waals surface area contributed by atoms with E-state index < -0.39 is 12.1 Å². The van der Waals surface area contributed by atoms with Crippen molar-refractivity contribution in [3.05, 3.63) is 28.8 Å². The topological polar surface area (TPSA) is 75.7 Å². The average molecular weight is 407 g/mol. The van der Waals surface area contributed by atoms with Gasteiger partial charge < -0.3 is 15.0 Å². The summed E-state index contributed by atoms with van der Waals surface area (Å²) >= 11 is 6.21. The van der Waals surface area contributed by atoms with E-state index in [0.29, 0.717) is 29.6 Å². The molecule has 3 rings (SSSR count). The molecule has 28 heavy (non-hydrogen) atoms. The molecule has 0 unspecified atom stereocenters. The Morgan fingerprint density at radius 3 is 2.68 bits per heavy atom. The Morgan fingerprint density at radius 1 is 1.25 bits per heavy atom. The molecule has 1 aliphatic carbocycles. The second-order valence-electron chi connectivity index (χ2n) is 7.74. The number of hydrogen-bond acceptors (Lipinski definition) is 4. The lowest BCUT2D eigenvalue weighted by molar-refractivity contribution is -0.130. The van der Waals surface area contributed by atoms with Crippen LogP contribution in [0.15, 0.2) is 18.2 Å². The van der Waals surface area contributed by atoms with Gasteiger partial charge in [0, 0.05) is 19.0 Å². The quantitative estimate of drug-likeness (QED) is 0.756. The number of carbonyl (C=O) groups is 3. The zero-order valence-corrected chi connectivity index (χ0v) is 17.1. The second-order valence-corrected chi connectivity index (χ2v) is 8.15. The summed E-state index contributed by atoms with van der Waals surface area (Å²) < 4.78 is 5.36. The number of rotatable bonds is 5. The highest BCUT2D eigenvalue weighted by Gasteiger charge is 2.28. The predicted octanol–water partition coefficient (Wildman–Crippen LogP) is 3.71. The molecule has 0 bridgehead atoms. The van der Waals surface area contributed by atoms with Gasteiger partial charge in [-0.2, -0.15) is 0 Å². The van der Waals surface area contributed by atoms with Gasteiger partial charge in [-0.15, -0.1) is 0 Å². The minimum absolute atomic E-state index is 0.0123. The van der Waals surface area contributed by atoms with E-state index in [-0.39, 0.29) is 23.4 Å². The van der Waals surface area contributed by atoms with Gasteiger partial charge in [-0.3, -0.25) is 9.59 Å². The van der Waals surface area contributed by atoms with Crippen molar-refractivity contribution in [3.8, 4) is 0 Å². The first-order chi connectivity index (χ1) is 13.4. The van der Waals surface area contributed by atoms with Crippen LogP contribution in [0.2, 0.25) is 5.02 Å². The average Bonchev–Trinajstić information content (AvgIpc) is 3.09. The van der Waals surface area contributed by atoms with Crippen LogP contribution in [0.1, 0.15) is 62.7 Å². The molecular weight excluding hydrogens is 380 g/mol. The molecule has 7 heteroatoms. The number of hydrogen-bond donors (Lipinski definition) is 1. The van der Waals surface area contributed by atoms with E-state index in [0.717, 1.165) is 25.7 Å². The normalized spacial score (nSPS) is 23.4. The van der Waals surface area contributed by atoms with Crippen LogP contribution in [-0.4, -0.2) is 36.5 Å². The van der Waals surface area contributed by atoms with E-state index in [1.54, 1.807) is 30.0 Å². The fourth-order valence-electron chi connectivity index (χ4n) is 3.86. The molecule has 1 saturated carbocycles. The van der Waals surface area contributed by atoms with Crippen molar-refractivity contribution in [3.63, 3.8) is 0 Å². The molecule has 2 amide bonds. The van der Waals surface area contributed by atoms with E-state index in [1.165, 1.54) is 6.42 Å². The summed E-state index contributed by atoms with van der Waals surface area (Å²) in [5, 5.41) is 3.41. The maximum Gasteiger partial charge on any atom is 0.338 e. The molecule has 152 valence electrons. The number of nitrogens with one attached hydrogen (secondary N) is 1. The Balaban J connectivity index is 1.63. The van der Waals surface area contributed by atoms with Crippen LogP contribution in [0, 0.1) is 5.92 Å². The maximum absolute atomic E-state index is 12.5. The molecule has 6 nitrogen and oxygen atoms in total. The number of amides is 2. The smallest absolute Gasteiger partial charge is 0.338 e. The van der Waals surface area contributed by atoms with Gasteiger partial charge in [0.1, 0.15) is 0 Å². The van der Waals surface area contributed by atoms with E-state index in [1.807, 2.05) is 0 Å². The highest BCUT2D eigenvalue weighted by Crippen LogP contribution is 2.30.